The third-order valence-electron chi connectivity index (χ3n) is 4.86. The summed E-state index contributed by atoms with van der Waals surface area (Å²) in [6.07, 6.45) is 0.345. The van der Waals surface area contributed by atoms with Gasteiger partial charge in [-0.1, -0.05) is 66.7 Å². The molecule has 3 aromatic carbocycles. The molecular formula is C23H20N2O2S. The monoisotopic (exact) mass is 388 g/mol. The minimum atomic E-state index is -0.775. The standard InChI is InChI=1S/C23H20N2O2S/c26-22-20(16-21(28)17-10-4-1-5-11-17)23(27)25(19-14-8-3-9-15-19)24(22)18-12-6-2-7-13-18/h1-15,20-21,28H,16H2. The summed E-state index contributed by atoms with van der Waals surface area (Å²) >= 11 is 4.67. The average molecular weight is 388 g/mol. The predicted octanol–water partition coefficient (Wildman–Crippen LogP) is 4.66. The van der Waals surface area contributed by atoms with Crippen molar-refractivity contribution in [3.63, 3.8) is 0 Å². The molecule has 0 bridgehead atoms. The molecule has 0 aliphatic carbocycles. The zero-order chi connectivity index (χ0) is 19.5. The number of benzene rings is 3. The van der Waals surface area contributed by atoms with E-state index < -0.39 is 5.92 Å². The average Bonchev–Trinajstić information content (AvgIpc) is 3.00. The van der Waals surface area contributed by atoms with E-state index in [0.717, 1.165) is 5.56 Å². The fourth-order valence-electron chi connectivity index (χ4n) is 3.46. The van der Waals surface area contributed by atoms with Crippen LogP contribution in [0.3, 0.4) is 0 Å². The van der Waals surface area contributed by atoms with Crippen molar-refractivity contribution in [1.29, 1.82) is 0 Å². The van der Waals surface area contributed by atoms with Gasteiger partial charge in [0.25, 0.3) is 11.8 Å². The summed E-state index contributed by atoms with van der Waals surface area (Å²) in [5.74, 6) is -1.23. The van der Waals surface area contributed by atoms with Gasteiger partial charge >= 0.3 is 0 Å². The first kappa shape index (κ1) is 18.3. The van der Waals surface area contributed by atoms with Gasteiger partial charge in [0.15, 0.2) is 0 Å². The van der Waals surface area contributed by atoms with Gasteiger partial charge in [-0.2, -0.15) is 12.6 Å². The second-order valence-corrected chi connectivity index (χ2v) is 7.31. The van der Waals surface area contributed by atoms with Gasteiger partial charge in [-0.05, 0) is 36.2 Å². The first-order valence-corrected chi connectivity index (χ1v) is 9.69. The van der Waals surface area contributed by atoms with E-state index >= 15 is 0 Å². The van der Waals surface area contributed by atoms with E-state index in [9.17, 15) is 9.59 Å². The van der Waals surface area contributed by atoms with E-state index in [4.69, 9.17) is 0 Å². The molecule has 4 rings (SSSR count). The molecule has 0 spiro atoms. The Kier molecular flexibility index (Phi) is 5.17. The Balaban J connectivity index is 1.69. The van der Waals surface area contributed by atoms with Gasteiger partial charge < -0.3 is 0 Å². The number of hydrogen-bond acceptors (Lipinski definition) is 3. The molecule has 1 fully saturated rings. The summed E-state index contributed by atoms with van der Waals surface area (Å²) in [5, 5.41) is 2.76. The number of para-hydroxylation sites is 2. The van der Waals surface area contributed by atoms with Crippen LogP contribution in [0.4, 0.5) is 11.4 Å². The normalized spacial score (nSPS) is 15.9. The molecule has 4 nitrogen and oxygen atoms in total. The number of anilines is 2. The largest absolute Gasteiger partial charge is 0.272 e. The van der Waals surface area contributed by atoms with Gasteiger partial charge in [-0.15, -0.1) is 0 Å². The molecule has 3 aromatic rings. The van der Waals surface area contributed by atoms with Crippen LogP contribution in [0.25, 0.3) is 0 Å². The van der Waals surface area contributed by atoms with Crippen LogP contribution in [-0.2, 0) is 9.59 Å². The Morgan fingerprint density at radius 1 is 0.679 bits per heavy atom. The summed E-state index contributed by atoms with van der Waals surface area (Å²) in [4.78, 5) is 26.6. The third-order valence-corrected chi connectivity index (χ3v) is 5.37. The van der Waals surface area contributed by atoms with Crippen molar-refractivity contribution in [2.24, 2.45) is 5.92 Å². The predicted molar refractivity (Wildman–Crippen MR) is 114 cm³/mol. The van der Waals surface area contributed by atoms with E-state index in [1.807, 2.05) is 91.0 Å². The van der Waals surface area contributed by atoms with Crippen molar-refractivity contribution < 1.29 is 9.59 Å². The summed E-state index contributed by atoms with van der Waals surface area (Å²) < 4.78 is 0. The number of thiol groups is 1. The first-order valence-electron chi connectivity index (χ1n) is 9.18. The smallest absolute Gasteiger partial charge is 0.258 e. The zero-order valence-electron chi connectivity index (χ0n) is 15.2. The van der Waals surface area contributed by atoms with Crippen LogP contribution in [0.2, 0.25) is 0 Å². The number of carbonyl (C=O) groups excluding carboxylic acids is 2. The van der Waals surface area contributed by atoms with Crippen molar-refractivity contribution in [1.82, 2.24) is 0 Å². The Bertz CT molecular complexity index is 906. The molecule has 0 radical (unpaired) electrons. The van der Waals surface area contributed by atoms with Crippen LogP contribution < -0.4 is 10.0 Å². The van der Waals surface area contributed by atoms with Crippen molar-refractivity contribution in [2.75, 3.05) is 10.0 Å². The van der Waals surface area contributed by atoms with Crippen LogP contribution in [0.15, 0.2) is 91.0 Å². The first-order chi connectivity index (χ1) is 13.7. The fourth-order valence-corrected chi connectivity index (χ4v) is 3.84. The maximum absolute atomic E-state index is 13.3. The Morgan fingerprint density at radius 3 is 1.50 bits per heavy atom. The van der Waals surface area contributed by atoms with Crippen molar-refractivity contribution >= 4 is 35.8 Å². The van der Waals surface area contributed by atoms with Gasteiger partial charge in [0, 0.05) is 5.25 Å². The lowest BCUT2D eigenvalue weighted by Gasteiger charge is -2.27. The Labute approximate surface area is 169 Å². The van der Waals surface area contributed by atoms with Gasteiger partial charge in [0.2, 0.25) is 0 Å². The third kappa shape index (κ3) is 3.41. The van der Waals surface area contributed by atoms with Crippen LogP contribution in [0.1, 0.15) is 17.2 Å². The molecule has 1 aliphatic heterocycles. The Morgan fingerprint density at radius 2 is 1.07 bits per heavy atom. The lowest BCUT2D eigenvalue weighted by molar-refractivity contribution is -0.127. The molecule has 28 heavy (non-hydrogen) atoms. The molecule has 0 N–H and O–H groups in total. The van der Waals surface area contributed by atoms with E-state index in [1.54, 1.807) is 0 Å². The number of hydrazine groups is 1. The molecule has 2 amide bonds. The molecule has 1 unspecified atom stereocenters. The Hall–Kier alpha value is -3.05. The minimum absolute atomic E-state index is 0.201. The topological polar surface area (TPSA) is 40.6 Å². The molecule has 0 aromatic heterocycles. The van der Waals surface area contributed by atoms with Gasteiger partial charge in [0.1, 0.15) is 5.92 Å². The number of hydrogen-bond donors (Lipinski definition) is 1. The lowest BCUT2D eigenvalue weighted by Crippen LogP contribution is -2.41. The molecular weight excluding hydrogens is 368 g/mol. The molecule has 140 valence electrons. The van der Waals surface area contributed by atoms with Crippen LogP contribution in [-0.4, -0.2) is 11.8 Å². The van der Waals surface area contributed by atoms with E-state index in [0.29, 0.717) is 17.8 Å². The number of amides is 2. The number of carbonyl (C=O) groups is 2. The quantitative estimate of drug-likeness (QED) is 0.510. The van der Waals surface area contributed by atoms with Crippen molar-refractivity contribution in [3.05, 3.63) is 96.6 Å². The molecule has 5 heteroatoms. The van der Waals surface area contributed by atoms with E-state index in [1.165, 1.54) is 10.0 Å². The van der Waals surface area contributed by atoms with Crippen LogP contribution >= 0.6 is 12.6 Å². The number of rotatable bonds is 5. The molecule has 1 heterocycles. The summed E-state index contributed by atoms with van der Waals surface area (Å²) in [7, 11) is 0. The maximum atomic E-state index is 13.3. The molecule has 1 saturated heterocycles. The van der Waals surface area contributed by atoms with Gasteiger partial charge in [-0.3, -0.25) is 9.59 Å². The highest BCUT2D eigenvalue weighted by Gasteiger charge is 2.47. The summed E-state index contributed by atoms with van der Waals surface area (Å²) in [6, 6.07) is 28.3. The summed E-state index contributed by atoms with van der Waals surface area (Å²) in [6.45, 7) is 0. The minimum Gasteiger partial charge on any atom is -0.272 e. The van der Waals surface area contributed by atoms with Crippen molar-refractivity contribution in [2.45, 2.75) is 11.7 Å². The number of nitrogens with zero attached hydrogens (tertiary/aromatic N) is 2. The highest BCUT2D eigenvalue weighted by atomic mass is 32.1. The fraction of sp³-hybridized carbons (Fsp3) is 0.130. The van der Waals surface area contributed by atoms with E-state index in [-0.39, 0.29) is 17.1 Å². The lowest BCUT2D eigenvalue weighted by atomic mass is 9.98. The highest BCUT2D eigenvalue weighted by molar-refractivity contribution is 7.80. The summed E-state index contributed by atoms with van der Waals surface area (Å²) in [5.41, 5.74) is 2.33. The molecule has 1 aliphatic rings. The van der Waals surface area contributed by atoms with Crippen LogP contribution in [0.5, 0.6) is 0 Å². The highest BCUT2D eigenvalue weighted by Crippen LogP contribution is 2.37. The SMILES string of the molecule is O=C1C(CC(S)c2ccccc2)C(=O)N(c2ccccc2)N1c1ccccc1. The van der Waals surface area contributed by atoms with Crippen LogP contribution in [0, 0.1) is 5.92 Å². The zero-order valence-corrected chi connectivity index (χ0v) is 16.1. The van der Waals surface area contributed by atoms with Crippen molar-refractivity contribution in [3.8, 4) is 0 Å². The molecule has 0 saturated carbocycles. The van der Waals surface area contributed by atoms with Gasteiger partial charge in [-0.25, -0.2) is 10.0 Å². The van der Waals surface area contributed by atoms with Gasteiger partial charge in [0.05, 0.1) is 11.4 Å². The molecule has 1 atom stereocenters. The maximum Gasteiger partial charge on any atom is 0.258 e. The second-order valence-electron chi connectivity index (χ2n) is 6.69. The van der Waals surface area contributed by atoms with E-state index in [2.05, 4.69) is 12.6 Å². The second kappa shape index (κ2) is 7.90.